The molecule has 1 aromatic heterocycles. The summed E-state index contributed by atoms with van der Waals surface area (Å²) >= 11 is 11.8. The Kier molecular flexibility index (Phi) is 3.29. The number of fused-ring (bicyclic) bond motifs is 1. The van der Waals surface area contributed by atoms with Crippen molar-refractivity contribution < 1.29 is 0 Å². The normalized spacial score (nSPS) is 17.1. The van der Waals surface area contributed by atoms with Crippen LogP contribution in [0, 0.1) is 5.92 Å². The van der Waals surface area contributed by atoms with E-state index >= 15 is 0 Å². The highest BCUT2D eigenvalue weighted by molar-refractivity contribution is 9.09. The first-order chi connectivity index (χ1) is 8.25. The van der Waals surface area contributed by atoms with Gasteiger partial charge in [-0.3, -0.25) is 0 Å². The van der Waals surface area contributed by atoms with Crippen LogP contribution in [0.3, 0.4) is 0 Å². The van der Waals surface area contributed by atoms with Gasteiger partial charge in [-0.15, -0.1) is 11.3 Å². The second kappa shape index (κ2) is 4.75. The predicted octanol–water partition coefficient (Wildman–Crippen LogP) is 5.25. The Bertz CT molecular complexity index is 510. The van der Waals surface area contributed by atoms with Crippen LogP contribution in [0.5, 0.6) is 0 Å². The van der Waals surface area contributed by atoms with Gasteiger partial charge in [-0.25, -0.2) is 0 Å². The smallest absolute Gasteiger partial charge is 0.0556 e. The molecule has 0 spiro atoms. The van der Waals surface area contributed by atoms with Crippen molar-refractivity contribution >= 4 is 38.9 Å². The Morgan fingerprint density at radius 2 is 1.82 bits per heavy atom. The summed E-state index contributed by atoms with van der Waals surface area (Å²) in [5.41, 5.74) is 2.99. The zero-order valence-corrected chi connectivity index (χ0v) is 12.4. The highest BCUT2D eigenvalue weighted by Gasteiger charge is 2.29. The summed E-state index contributed by atoms with van der Waals surface area (Å²) in [4.78, 5) is 1.65. The van der Waals surface area contributed by atoms with E-state index in [2.05, 4.69) is 45.6 Å². The van der Waals surface area contributed by atoms with E-state index in [0.717, 1.165) is 17.9 Å². The number of hydrogen-bond donors (Lipinski definition) is 0. The monoisotopic (exact) mass is 326 g/mol. The van der Waals surface area contributed by atoms with Gasteiger partial charge in [0.15, 0.2) is 0 Å². The van der Waals surface area contributed by atoms with Crippen LogP contribution in [0.1, 0.15) is 20.8 Å². The quantitative estimate of drug-likeness (QED) is 0.661. The Morgan fingerprint density at radius 3 is 2.35 bits per heavy atom. The van der Waals surface area contributed by atoms with Gasteiger partial charge in [0.25, 0.3) is 0 Å². The molecule has 88 valence electrons. The third kappa shape index (κ3) is 2.18. The molecule has 2 aromatic rings. The second-order valence-corrected chi connectivity index (χ2v) is 6.81. The molecule has 0 fully saturated rings. The first-order valence-corrected chi connectivity index (χ1v) is 7.87. The van der Waals surface area contributed by atoms with Crippen LogP contribution in [0.2, 0.25) is 5.02 Å². The Hall–Kier alpha value is -0.310. The molecule has 0 amide bonds. The molecule has 0 saturated carbocycles. The van der Waals surface area contributed by atoms with E-state index in [-0.39, 0.29) is 0 Å². The van der Waals surface area contributed by atoms with Gasteiger partial charge >= 0.3 is 0 Å². The minimum Gasteiger partial charge on any atom is -0.146 e. The topological polar surface area (TPSA) is 0 Å². The molecule has 1 aliphatic rings. The first-order valence-electron chi connectivity index (χ1n) is 5.69. The molecule has 1 aliphatic carbocycles. The second-order valence-electron chi connectivity index (χ2n) is 4.47. The average molecular weight is 328 g/mol. The SMILES string of the molecule is Clc1ccsc1C(Br)C1Cc2ccccc2C1. The van der Waals surface area contributed by atoms with Crippen molar-refractivity contribution in [2.45, 2.75) is 17.7 Å². The van der Waals surface area contributed by atoms with Crippen LogP contribution in [0.4, 0.5) is 0 Å². The van der Waals surface area contributed by atoms with E-state index in [1.807, 2.05) is 6.07 Å². The van der Waals surface area contributed by atoms with E-state index in [1.54, 1.807) is 11.3 Å². The van der Waals surface area contributed by atoms with Crippen LogP contribution in [0.15, 0.2) is 35.7 Å². The van der Waals surface area contributed by atoms with Crippen molar-refractivity contribution in [3.63, 3.8) is 0 Å². The maximum Gasteiger partial charge on any atom is 0.0556 e. The molecule has 3 heteroatoms. The molecule has 3 rings (SSSR count). The van der Waals surface area contributed by atoms with Crippen molar-refractivity contribution in [2.75, 3.05) is 0 Å². The molecular formula is C14H12BrClS. The summed E-state index contributed by atoms with van der Waals surface area (Å²) in [5, 5.41) is 2.96. The first kappa shape index (κ1) is 11.8. The zero-order chi connectivity index (χ0) is 11.8. The number of alkyl halides is 1. The minimum absolute atomic E-state index is 0.377. The van der Waals surface area contributed by atoms with Crippen molar-refractivity contribution in [1.29, 1.82) is 0 Å². The molecule has 1 unspecified atom stereocenters. The molecule has 0 radical (unpaired) electrons. The number of benzene rings is 1. The van der Waals surface area contributed by atoms with Crippen molar-refractivity contribution in [3.05, 3.63) is 56.7 Å². The van der Waals surface area contributed by atoms with E-state index in [4.69, 9.17) is 11.6 Å². The summed E-state index contributed by atoms with van der Waals surface area (Å²) in [6.45, 7) is 0. The lowest BCUT2D eigenvalue weighted by Gasteiger charge is -2.16. The number of halogens is 2. The Labute approximate surface area is 119 Å². The largest absolute Gasteiger partial charge is 0.146 e. The number of rotatable bonds is 2. The summed E-state index contributed by atoms with van der Waals surface area (Å²) < 4.78 is 0. The van der Waals surface area contributed by atoms with Crippen LogP contribution in [0.25, 0.3) is 0 Å². The number of thiophene rings is 1. The molecule has 0 N–H and O–H groups in total. The van der Waals surface area contributed by atoms with Gasteiger partial charge in [0, 0.05) is 4.88 Å². The molecule has 0 nitrogen and oxygen atoms in total. The summed E-state index contributed by atoms with van der Waals surface area (Å²) in [6, 6.07) is 10.7. The third-order valence-electron chi connectivity index (χ3n) is 3.39. The van der Waals surface area contributed by atoms with E-state index in [9.17, 15) is 0 Å². The van der Waals surface area contributed by atoms with Gasteiger partial charge in [0.2, 0.25) is 0 Å². The fourth-order valence-corrected chi connectivity index (χ4v) is 4.83. The average Bonchev–Trinajstić information content (AvgIpc) is 2.93. The molecule has 1 aromatic carbocycles. The summed E-state index contributed by atoms with van der Waals surface area (Å²) in [6.07, 6.45) is 2.31. The maximum absolute atomic E-state index is 6.20. The lowest BCUT2D eigenvalue weighted by atomic mass is 10.0. The summed E-state index contributed by atoms with van der Waals surface area (Å²) in [7, 11) is 0. The molecule has 17 heavy (non-hydrogen) atoms. The van der Waals surface area contributed by atoms with Crippen molar-refractivity contribution in [3.8, 4) is 0 Å². The van der Waals surface area contributed by atoms with E-state index < -0.39 is 0 Å². The molecule has 1 atom stereocenters. The minimum atomic E-state index is 0.377. The fourth-order valence-electron chi connectivity index (χ4n) is 2.52. The van der Waals surface area contributed by atoms with Crippen LogP contribution in [-0.2, 0) is 12.8 Å². The lowest BCUT2D eigenvalue weighted by Crippen LogP contribution is -2.06. The number of hydrogen-bond acceptors (Lipinski definition) is 1. The molecule has 0 aliphatic heterocycles. The lowest BCUT2D eigenvalue weighted by molar-refractivity contribution is 0.559. The van der Waals surface area contributed by atoms with Gasteiger partial charge in [-0.05, 0) is 41.3 Å². The molecule has 1 heterocycles. The standard InChI is InChI=1S/C14H12BrClS/c15-13(14-12(16)5-6-17-14)11-7-9-3-1-2-4-10(9)8-11/h1-6,11,13H,7-8H2. The zero-order valence-electron chi connectivity index (χ0n) is 9.20. The van der Waals surface area contributed by atoms with Crippen LogP contribution in [-0.4, -0.2) is 0 Å². The van der Waals surface area contributed by atoms with Gasteiger partial charge in [0.1, 0.15) is 0 Å². The molecule has 0 bridgehead atoms. The third-order valence-corrected chi connectivity index (χ3v) is 6.34. The maximum atomic E-state index is 6.20. The highest BCUT2D eigenvalue weighted by Crippen LogP contribution is 2.44. The van der Waals surface area contributed by atoms with Gasteiger partial charge in [-0.1, -0.05) is 51.8 Å². The Balaban J connectivity index is 1.83. The fraction of sp³-hybridized carbons (Fsp3) is 0.286. The molecular weight excluding hydrogens is 316 g/mol. The highest BCUT2D eigenvalue weighted by atomic mass is 79.9. The van der Waals surface area contributed by atoms with Gasteiger partial charge in [-0.2, -0.15) is 0 Å². The van der Waals surface area contributed by atoms with Gasteiger partial charge < -0.3 is 0 Å². The van der Waals surface area contributed by atoms with Crippen LogP contribution < -0.4 is 0 Å². The van der Waals surface area contributed by atoms with E-state index in [1.165, 1.54) is 16.0 Å². The van der Waals surface area contributed by atoms with E-state index in [0.29, 0.717) is 10.7 Å². The van der Waals surface area contributed by atoms with Gasteiger partial charge in [0.05, 0.1) is 9.85 Å². The van der Waals surface area contributed by atoms with Crippen LogP contribution >= 0.6 is 38.9 Å². The molecule has 0 saturated heterocycles. The predicted molar refractivity (Wildman–Crippen MR) is 78.3 cm³/mol. The Morgan fingerprint density at radius 1 is 1.18 bits per heavy atom. The van der Waals surface area contributed by atoms with Crippen molar-refractivity contribution in [2.24, 2.45) is 5.92 Å². The summed E-state index contributed by atoms with van der Waals surface area (Å²) in [5.74, 6) is 0.628. The van der Waals surface area contributed by atoms with Crippen molar-refractivity contribution in [1.82, 2.24) is 0 Å².